The molecular formula is C22H27N7O3. The number of rotatable bonds is 3. The van der Waals surface area contributed by atoms with Crippen LogP contribution >= 0.6 is 0 Å². The summed E-state index contributed by atoms with van der Waals surface area (Å²) in [5.41, 5.74) is 8.24. The van der Waals surface area contributed by atoms with Crippen LogP contribution in [0.3, 0.4) is 0 Å². The molecule has 10 heteroatoms. The molecule has 3 aromatic heterocycles. The van der Waals surface area contributed by atoms with Crippen molar-refractivity contribution in [3.05, 3.63) is 30.7 Å². The average molecular weight is 438 g/mol. The van der Waals surface area contributed by atoms with Crippen molar-refractivity contribution in [2.75, 3.05) is 50.8 Å². The number of hydrogen-bond acceptors (Lipinski definition) is 6. The van der Waals surface area contributed by atoms with Crippen LogP contribution in [0.25, 0.3) is 21.9 Å². The molecule has 2 unspecified atom stereocenters. The van der Waals surface area contributed by atoms with Gasteiger partial charge in [-0.25, -0.2) is 14.8 Å². The first-order valence-corrected chi connectivity index (χ1v) is 11.0. The third-order valence-corrected chi connectivity index (χ3v) is 6.77. The number of H-pyrrole nitrogens is 1. The third-order valence-electron chi connectivity index (χ3n) is 6.77. The summed E-state index contributed by atoms with van der Waals surface area (Å²) in [7, 11) is 0. The second-order valence-corrected chi connectivity index (χ2v) is 8.53. The van der Waals surface area contributed by atoms with Gasteiger partial charge in [0.1, 0.15) is 0 Å². The Hall–Kier alpha value is -3.40. The minimum atomic E-state index is -0.401. The van der Waals surface area contributed by atoms with Crippen LogP contribution in [-0.2, 0) is 4.79 Å². The normalized spacial score (nSPS) is 22.0. The predicted octanol–water partition coefficient (Wildman–Crippen LogP) is 0.769. The molecule has 32 heavy (non-hydrogen) atoms. The van der Waals surface area contributed by atoms with Crippen molar-refractivity contribution in [2.45, 2.75) is 6.42 Å². The molecule has 2 atom stereocenters. The van der Waals surface area contributed by atoms with E-state index in [2.05, 4.69) is 25.9 Å². The number of hydrogen-bond donors (Lipinski definition) is 3. The van der Waals surface area contributed by atoms with E-state index in [1.165, 1.54) is 0 Å². The van der Waals surface area contributed by atoms with E-state index in [-0.39, 0.29) is 24.5 Å². The number of aromatic nitrogens is 3. The highest BCUT2D eigenvalue weighted by atomic mass is 16.3. The van der Waals surface area contributed by atoms with Crippen molar-refractivity contribution >= 4 is 39.6 Å². The summed E-state index contributed by atoms with van der Waals surface area (Å²) < 4.78 is 0. The highest BCUT2D eigenvalue weighted by Gasteiger charge is 2.36. The number of nitrogens with one attached hydrogen (secondary N) is 1. The van der Waals surface area contributed by atoms with E-state index in [1.54, 1.807) is 17.3 Å². The SMILES string of the molecule is NC(=O)C1CCN(C(=O)N2CCN(c3cc[nH]c4cnc5nccc5c34)CC2)CC1CO. The number of piperidine rings is 1. The molecule has 0 aliphatic carbocycles. The van der Waals surface area contributed by atoms with Crippen molar-refractivity contribution in [1.82, 2.24) is 24.8 Å². The Morgan fingerprint density at radius 3 is 2.69 bits per heavy atom. The van der Waals surface area contributed by atoms with E-state index in [4.69, 9.17) is 5.73 Å². The van der Waals surface area contributed by atoms with Crippen LogP contribution in [-0.4, -0.2) is 87.7 Å². The first kappa shape index (κ1) is 20.5. The fraction of sp³-hybridized carbons (Fsp3) is 0.455. The highest BCUT2D eigenvalue weighted by Crippen LogP contribution is 2.32. The lowest BCUT2D eigenvalue weighted by atomic mass is 9.85. The zero-order chi connectivity index (χ0) is 22.2. The van der Waals surface area contributed by atoms with E-state index in [9.17, 15) is 14.7 Å². The molecule has 168 valence electrons. The second kappa shape index (κ2) is 8.27. The maximum Gasteiger partial charge on any atom is 0.320 e. The van der Waals surface area contributed by atoms with Crippen LogP contribution in [0.1, 0.15) is 6.42 Å². The van der Waals surface area contributed by atoms with E-state index in [0.717, 1.165) is 27.6 Å². The Balaban J connectivity index is 1.29. The fourth-order valence-corrected chi connectivity index (χ4v) is 5.01. The molecule has 5 rings (SSSR count). The van der Waals surface area contributed by atoms with Crippen LogP contribution in [0.2, 0.25) is 0 Å². The minimum absolute atomic E-state index is 0.0379. The number of fused-ring (bicyclic) bond motifs is 3. The Labute approximate surface area is 185 Å². The summed E-state index contributed by atoms with van der Waals surface area (Å²) in [6.07, 6.45) is 5.99. The van der Waals surface area contributed by atoms with Crippen molar-refractivity contribution in [3.63, 3.8) is 0 Å². The second-order valence-electron chi connectivity index (χ2n) is 8.53. The van der Waals surface area contributed by atoms with E-state index >= 15 is 0 Å². The first-order valence-electron chi connectivity index (χ1n) is 11.0. The Morgan fingerprint density at radius 2 is 1.94 bits per heavy atom. The number of aromatic amines is 1. The number of primary amides is 1. The van der Waals surface area contributed by atoms with Gasteiger partial charge in [-0.1, -0.05) is 0 Å². The Bertz CT molecular complexity index is 1150. The molecule has 10 nitrogen and oxygen atoms in total. The smallest absolute Gasteiger partial charge is 0.320 e. The fourth-order valence-electron chi connectivity index (χ4n) is 5.01. The van der Waals surface area contributed by atoms with Gasteiger partial charge < -0.3 is 30.5 Å². The monoisotopic (exact) mass is 437 g/mol. The van der Waals surface area contributed by atoms with Gasteiger partial charge in [0.2, 0.25) is 5.91 Å². The number of carbonyl (C=O) groups excluding carboxylic acids is 2. The highest BCUT2D eigenvalue weighted by molar-refractivity contribution is 6.10. The van der Waals surface area contributed by atoms with E-state index < -0.39 is 5.91 Å². The van der Waals surface area contributed by atoms with Crippen LogP contribution in [0.4, 0.5) is 10.5 Å². The minimum Gasteiger partial charge on any atom is -0.396 e. The zero-order valence-electron chi connectivity index (χ0n) is 17.8. The standard InChI is InChI=1S/C22H27N7O3/c23-20(31)15-3-6-29(12-14(15)13-30)22(32)28-9-7-27(8-10-28)18-2-5-24-17-11-26-21-16(19(17)18)1-4-25-21/h1-2,4-5,11,14-15,24,30H,3,6-10,12-13H2,(H2,23,31). The van der Waals surface area contributed by atoms with Crippen LogP contribution < -0.4 is 10.6 Å². The zero-order valence-corrected chi connectivity index (χ0v) is 17.8. The predicted molar refractivity (Wildman–Crippen MR) is 120 cm³/mol. The number of nitrogens with two attached hydrogens (primary N) is 1. The van der Waals surface area contributed by atoms with Gasteiger partial charge in [0.25, 0.3) is 0 Å². The van der Waals surface area contributed by atoms with Gasteiger partial charge in [0.15, 0.2) is 5.65 Å². The summed E-state index contributed by atoms with van der Waals surface area (Å²) in [4.78, 5) is 42.6. The third kappa shape index (κ3) is 3.50. The molecule has 2 saturated heterocycles. The molecule has 0 radical (unpaired) electrons. The van der Waals surface area contributed by atoms with Crippen molar-refractivity contribution in [1.29, 1.82) is 0 Å². The maximum atomic E-state index is 13.1. The van der Waals surface area contributed by atoms with Crippen LogP contribution in [0.5, 0.6) is 0 Å². The summed E-state index contributed by atoms with van der Waals surface area (Å²) in [5.74, 6) is -1.07. The van der Waals surface area contributed by atoms with Crippen molar-refractivity contribution in [3.8, 4) is 0 Å². The summed E-state index contributed by atoms with van der Waals surface area (Å²) in [6.45, 7) is 3.32. The van der Waals surface area contributed by atoms with Gasteiger partial charge in [0.05, 0.1) is 11.7 Å². The van der Waals surface area contributed by atoms with Gasteiger partial charge in [0, 0.05) is 86.6 Å². The Kier molecular flexibility index (Phi) is 5.30. The van der Waals surface area contributed by atoms with Gasteiger partial charge in [-0.15, -0.1) is 0 Å². The topological polar surface area (TPSA) is 132 Å². The number of anilines is 1. The molecule has 4 N–H and O–H groups in total. The van der Waals surface area contributed by atoms with Gasteiger partial charge in [-0.2, -0.15) is 0 Å². The summed E-state index contributed by atoms with van der Waals surface area (Å²) in [5, 5.41) is 11.8. The molecule has 3 aromatic rings. The number of pyridine rings is 2. The van der Waals surface area contributed by atoms with Crippen LogP contribution in [0, 0.1) is 11.8 Å². The lowest BCUT2D eigenvalue weighted by Gasteiger charge is -2.42. The van der Waals surface area contributed by atoms with E-state index in [1.807, 2.05) is 17.2 Å². The lowest BCUT2D eigenvalue weighted by Crippen LogP contribution is -2.56. The molecule has 0 bridgehead atoms. The van der Waals surface area contributed by atoms with Crippen LogP contribution in [0.15, 0.2) is 30.7 Å². The molecule has 5 heterocycles. The number of amides is 3. The molecule has 0 saturated carbocycles. The van der Waals surface area contributed by atoms with Crippen molar-refractivity contribution < 1.29 is 14.7 Å². The summed E-state index contributed by atoms with van der Waals surface area (Å²) in [6, 6.07) is 4.01. The summed E-state index contributed by atoms with van der Waals surface area (Å²) >= 11 is 0. The number of carbonyl (C=O) groups is 2. The lowest BCUT2D eigenvalue weighted by molar-refractivity contribution is -0.125. The molecule has 2 aliphatic heterocycles. The molecule has 0 aromatic carbocycles. The Morgan fingerprint density at radius 1 is 1.12 bits per heavy atom. The number of nitrogens with zero attached hydrogens (tertiary/aromatic N) is 5. The van der Waals surface area contributed by atoms with Gasteiger partial charge >= 0.3 is 6.03 Å². The number of likely N-dealkylation sites (tertiary alicyclic amines) is 1. The largest absolute Gasteiger partial charge is 0.396 e. The average Bonchev–Trinajstić information content (AvgIpc) is 3.32. The molecule has 0 spiro atoms. The van der Waals surface area contributed by atoms with Crippen molar-refractivity contribution in [2.24, 2.45) is 17.6 Å². The number of piperazine rings is 1. The number of aliphatic hydroxyl groups is 1. The maximum absolute atomic E-state index is 13.1. The molecule has 3 amide bonds. The first-order chi connectivity index (χ1) is 15.6. The van der Waals surface area contributed by atoms with Gasteiger partial charge in [-0.3, -0.25) is 4.79 Å². The van der Waals surface area contributed by atoms with E-state index in [0.29, 0.717) is 45.7 Å². The van der Waals surface area contributed by atoms with Gasteiger partial charge in [-0.05, 0) is 18.6 Å². The quantitative estimate of drug-likeness (QED) is 0.555. The number of urea groups is 1. The molecule has 2 aliphatic rings. The molecule has 2 fully saturated rings. The number of aliphatic hydroxyl groups excluding tert-OH is 1. The molecular weight excluding hydrogens is 410 g/mol.